The third-order valence-corrected chi connectivity index (χ3v) is 5.46. The second-order valence-corrected chi connectivity index (χ2v) is 7.22. The number of nitro groups is 1. The van der Waals surface area contributed by atoms with Gasteiger partial charge in [-0.25, -0.2) is 0 Å². The van der Waals surface area contributed by atoms with Crippen LogP contribution in [0.5, 0.6) is 0 Å². The van der Waals surface area contributed by atoms with Gasteiger partial charge < -0.3 is 9.80 Å². The Kier molecular flexibility index (Phi) is 6.05. The SMILES string of the molecule is Cc1c(C(=O)N2CCN(CC(=O)N3CCCCC3)CC2)cccc1[N+](=O)[O-]. The van der Waals surface area contributed by atoms with Gasteiger partial charge in [-0.15, -0.1) is 0 Å². The summed E-state index contributed by atoms with van der Waals surface area (Å²) >= 11 is 0. The first-order valence-electron chi connectivity index (χ1n) is 9.51. The van der Waals surface area contributed by atoms with Crippen molar-refractivity contribution in [3.63, 3.8) is 0 Å². The van der Waals surface area contributed by atoms with Crippen LogP contribution in [-0.4, -0.2) is 77.3 Å². The average Bonchev–Trinajstić information content (AvgIpc) is 2.68. The zero-order chi connectivity index (χ0) is 19.4. The van der Waals surface area contributed by atoms with E-state index < -0.39 is 4.92 Å². The molecule has 0 unspecified atom stereocenters. The summed E-state index contributed by atoms with van der Waals surface area (Å²) in [6.07, 6.45) is 3.36. The molecular formula is C19H26N4O4. The molecule has 0 atom stereocenters. The normalized spacial score (nSPS) is 18.4. The highest BCUT2D eigenvalue weighted by Crippen LogP contribution is 2.22. The minimum Gasteiger partial charge on any atom is -0.342 e. The van der Waals surface area contributed by atoms with Gasteiger partial charge in [0.2, 0.25) is 5.91 Å². The molecule has 0 radical (unpaired) electrons. The Balaban J connectivity index is 1.56. The molecule has 0 aliphatic carbocycles. The van der Waals surface area contributed by atoms with Crippen LogP contribution >= 0.6 is 0 Å². The second kappa shape index (κ2) is 8.47. The van der Waals surface area contributed by atoms with E-state index in [1.807, 2.05) is 4.90 Å². The molecule has 2 saturated heterocycles. The van der Waals surface area contributed by atoms with Crippen LogP contribution in [0.2, 0.25) is 0 Å². The number of piperazine rings is 1. The molecule has 0 bridgehead atoms. The monoisotopic (exact) mass is 374 g/mol. The molecule has 2 aliphatic heterocycles. The van der Waals surface area contributed by atoms with E-state index in [-0.39, 0.29) is 17.5 Å². The lowest BCUT2D eigenvalue weighted by Crippen LogP contribution is -2.52. The largest absolute Gasteiger partial charge is 0.342 e. The van der Waals surface area contributed by atoms with Crippen molar-refractivity contribution in [1.29, 1.82) is 0 Å². The summed E-state index contributed by atoms with van der Waals surface area (Å²) in [4.78, 5) is 41.5. The molecule has 0 aromatic heterocycles. The van der Waals surface area contributed by atoms with Crippen LogP contribution < -0.4 is 0 Å². The number of likely N-dealkylation sites (tertiary alicyclic amines) is 1. The highest BCUT2D eigenvalue weighted by molar-refractivity contribution is 5.96. The molecule has 2 fully saturated rings. The molecule has 2 heterocycles. The Morgan fingerprint density at radius 2 is 1.67 bits per heavy atom. The molecular weight excluding hydrogens is 348 g/mol. The number of amides is 2. The Morgan fingerprint density at radius 1 is 1.00 bits per heavy atom. The fourth-order valence-electron chi connectivity index (χ4n) is 3.77. The van der Waals surface area contributed by atoms with Gasteiger partial charge in [-0.3, -0.25) is 24.6 Å². The van der Waals surface area contributed by atoms with Crippen molar-refractivity contribution in [2.24, 2.45) is 0 Å². The van der Waals surface area contributed by atoms with E-state index in [0.29, 0.717) is 43.9 Å². The minimum absolute atomic E-state index is 0.0355. The van der Waals surface area contributed by atoms with Crippen molar-refractivity contribution >= 4 is 17.5 Å². The minimum atomic E-state index is -0.462. The van der Waals surface area contributed by atoms with Gasteiger partial charge in [-0.1, -0.05) is 6.07 Å². The van der Waals surface area contributed by atoms with Gasteiger partial charge in [0.15, 0.2) is 0 Å². The summed E-state index contributed by atoms with van der Waals surface area (Å²) in [6.45, 7) is 6.03. The molecule has 8 heteroatoms. The van der Waals surface area contributed by atoms with Crippen molar-refractivity contribution in [2.75, 3.05) is 45.8 Å². The van der Waals surface area contributed by atoms with Crippen molar-refractivity contribution in [3.05, 3.63) is 39.4 Å². The van der Waals surface area contributed by atoms with E-state index in [0.717, 1.165) is 25.9 Å². The van der Waals surface area contributed by atoms with Gasteiger partial charge in [-0.05, 0) is 32.3 Å². The number of rotatable bonds is 4. The number of carbonyl (C=O) groups excluding carboxylic acids is 2. The highest BCUT2D eigenvalue weighted by Gasteiger charge is 2.27. The molecule has 3 rings (SSSR count). The Bertz CT molecular complexity index is 722. The molecule has 1 aromatic rings. The lowest BCUT2D eigenvalue weighted by Gasteiger charge is -2.36. The third-order valence-electron chi connectivity index (χ3n) is 5.46. The molecule has 0 N–H and O–H groups in total. The second-order valence-electron chi connectivity index (χ2n) is 7.22. The van der Waals surface area contributed by atoms with Crippen LogP contribution in [0.25, 0.3) is 0 Å². The van der Waals surface area contributed by atoms with Crippen LogP contribution in [0.1, 0.15) is 35.2 Å². The average molecular weight is 374 g/mol. The van der Waals surface area contributed by atoms with Crippen LogP contribution in [-0.2, 0) is 4.79 Å². The molecule has 2 amide bonds. The van der Waals surface area contributed by atoms with Gasteiger partial charge in [0.1, 0.15) is 0 Å². The van der Waals surface area contributed by atoms with E-state index in [4.69, 9.17) is 0 Å². The topological polar surface area (TPSA) is 87.0 Å². The molecule has 0 spiro atoms. The van der Waals surface area contributed by atoms with Gasteiger partial charge in [0.25, 0.3) is 11.6 Å². The van der Waals surface area contributed by atoms with Crippen molar-refractivity contribution in [2.45, 2.75) is 26.2 Å². The molecule has 146 valence electrons. The van der Waals surface area contributed by atoms with Crippen molar-refractivity contribution in [1.82, 2.24) is 14.7 Å². The third kappa shape index (κ3) is 4.44. The number of hydrogen-bond acceptors (Lipinski definition) is 5. The fourth-order valence-corrected chi connectivity index (χ4v) is 3.77. The van der Waals surface area contributed by atoms with E-state index >= 15 is 0 Å². The molecule has 0 saturated carbocycles. The summed E-state index contributed by atoms with van der Waals surface area (Å²) < 4.78 is 0. The summed E-state index contributed by atoms with van der Waals surface area (Å²) in [5.74, 6) is -0.0118. The predicted molar refractivity (Wildman–Crippen MR) is 101 cm³/mol. The first-order chi connectivity index (χ1) is 13.0. The number of carbonyl (C=O) groups is 2. The number of benzene rings is 1. The molecule has 27 heavy (non-hydrogen) atoms. The van der Waals surface area contributed by atoms with Crippen molar-refractivity contribution in [3.8, 4) is 0 Å². The maximum atomic E-state index is 12.8. The van der Waals surface area contributed by atoms with E-state index in [2.05, 4.69) is 4.90 Å². The van der Waals surface area contributed by atoms with Gasteiger partial charge in [0, 0.05) is 56.5 Å². The fraction of sp³-hybridized carbons (Fsp3) is 0.579. The summed E-state index contributed by atoms with van der Waals surface area (Å²) in [7, 11) is 0. The van der Waals surface area contributed by atoms with Gasteiger partial charge >= 0.3 is 0 Å². The zero-order valence-electron chi connectivity index (χ0n) is 15.7. The Hall–Kier alpha value is -2.48. The zero-order valence-corrected chi connectivity index (χ0v) is 15.7. The summed E-state index contributed by atoms with van der Waals surface area (Å²) in [6, 6.07) is 4.60. The van der Waals surface area contributed by atoms with Crippen molar-refractivity contribution < 1.29 is 14.5 Å². The first-order valence-corrected chi connectivity index (χ1v) is 9.51. The maximum absolute atomic E-state index is 12.8. The smallest absolute Gasteiger partial charge is 0.273 e. The van der Waals surface area contributed by atoms with Gasteiger partial charge in [0.05, 0.1) is 11.5 Å². The Labute approximate surface area is 158 Å². The Morgan fingerprint density at radius 3 is 2.30 bits per heavy atom. The lowest BCUT2D eigenvalue weighted by molar-refractivity contribution is -0.385. The van der Waals surface area contributed by atoms with Crippen LogP contribution in [0.4, 0.5) is 5.69 Å². The number of nitro benzene ring substituents is 1. The molecule has 2 aliphatic rings. The number of nitrogens with zero attached hydrogens (tertiary/aromatic N) is 4. The predicted octanol–water partition coefficient (Wildman–Crippen LogP) is 1.67. The molecule has 8 nitrogen and oxygen atoms in total. The van der Waals surface area contributed by atoms with Crippen LogP contribution in [0.15, 0.2) is 18.2 Å². The highest BCUT2D eigenvalue weighted by atomic mass is 16.6. The lowest BCUT2D eigenvalue weighted by atomic mass is 10.1. The van der Waals surface area contributed by atoms with Crippen LogP contribution in [0, 0.1) is 17.0 Å². The number of hydrogen-bond donors (Lipinski definition) is 0. The van der Waals surface area contributed by atoms with E-state index in [1.54, 1.807) is 24.0 Å². The standard InChI is InChI=1S/C19H26N4O4/c1-15-16(6-5-7-17(15)23(26)27)19(25)22-12-10-20(11-13-22)14-18(24)21-8-3-2-4-9-21/h5-7H,2-4,8-14H2,1H3. The van der Waals surface area contributed by atoms with Crippen LogP contribution in [0.3, 0.4) is 0 Å². The van der Waals surface area contributed by atoms with Gasteiger partial charge in [-0.2, -0.15) is 0 Å². The first kappa shape index (κ1) is 19.3. The molecule has 1 aromatic carbocycles. The summed E-state index contributed by atoms with van der Waals surface area (Å²) in [5, 5.41) is 11.1. The summed E-state index contributed by atoms with van der Waals surface area (Å²) in [5.41, 5.74) is 0.740. The maximum Gasteiger partial charge on any atom is 0.273 e. The van der Waals surface area contributed by atoms with E-state index in [1.165, 1.54) is 12.5 Å². The number of piperidine rings is 1. The quantitative estimate of drug-likeness (QED) is 0.591. The van der Waals surface area contributed by atoms with E-state index in [9.17, 15) is 19.7 Å².